The molecule has 0 fully saturated rings. The average molecular weight is 401 g/mol. The molecule has 1 aromatic heterocycles. The quantitative estimate of drug-likeness (QED) is 0.791. The molecule has 0 bridgehead atoms. The molecule has 0 saturated heterocycles. The highest BCUT2D eigenvalue weighted by Gasteiger charge is 2.31. The second-order valence-electron chi connectivity index (χ2n) is 7.53. The van der Waals surface area contributed by atoms with Gasteiger partial charge < -0.3 is 10.6 Å². The molecule has 1 aromatic carbocycles. The smallest absolute Gasteiger partial charge is 0.253 e. The van der Waals surface area contributed by atoms with Crippen LogP contribution < -0.4 is 10.6 Å². The molecular formula is C19H21BrN4O. The zero-order valence-corrected chi connectivity index (χ0v) is 16.4. The summed E-state index contributed by atoms with van der Waals surface area (Å²) in [6.07, 6.45) is 0. The number of halogens is 1. The van der Waals surface area contributed by atoms with Crippen molar-refractivity contribution in [3.63, 3.8) is 0 Å². The van der Waals surface area contributed by atoms with Gasteiger partial charge in [-0.25, -0.2) is 4.98 Å². The maximum absolute atomic E-state index is 12.5. The molecule has 130 valence electrons. The van der Waals surface area contributed by atoms with Crippen molar-refractivity contribution < 1.29 is 4.79 Å². The standard InChI is InChI=1S/C19H21BrN4O/c1-10(19(2,3)4)23-17-13-6-5-12(20)7-14(13)15-16(24-17)11(8-21)9-22-18(15)25/h5-7,10-11H,9H2,1-4H3,(H,22,25)(H,23,24). The van der Waals surface area contributed by atoms with Gasteiger partial charge in [-0.15, -0.1) is 0 Å². The Balaban J connectivity index is 2.27. The van der Waals surface area contributed by atoms with Gasteiger partial charge in [-0.2, -0.15) is 5.26 Å². The van der Waals surface area contributed by atoms with E-state index in [2.05, 4.69) is 60.3 Å². The summed E-state index contributed by atoms with van der Waals surface area (Å²) in [5.74, 6) is 0.104. The second-order valence-corrected chi connectivity index (χ2v) is 8.45. The Morgan fingerprint density at radius 3 is 2.76 bits per heavy atom. The van der Waals surface area contributed by atoms with Crippen molar-refractivity contribution >= 4 is 38.4 Å². The molecule has 0 saturated carbocycles. The van der Waals surface area contributed by atoms with E-state index in [-0.39, 0.29) is 17.4 Å². The van der Waals surface area contributed by atoms with Crippen LogP contribution in [0.1, 0.15) is 49.7 Å². The summed E-state index contributed by atoms with van der Waals surface area (Å²) < 4.78 is 0.884. The molecule has 2 heterocycles. The number of nitriles is 1. The lowest BCUT2D eigenvalue weighted by Gasteiger charge is -2.30. The number of carbonyl (C=O) groups is 1. The predicted octanol–water partition coefficient (Wildman–Crippen LogP) is 4.19. The summed E-state index contributed by atoms with van der Waals surface area (Å²) in [7, 11) is 0. The first-order valence-corrected chi connectivity index (χ1v) is 9.09. The van der Waals surface area contributed by atoms with Gasteiger partial charge in [-0.1, -0.05) is 36.7 Å². The molecule has 25 heavy (non-hydrogen) atoms. The lowest BCUT2D eigenvalue weighted by molar-refractivity contribution is 0.0944. The minimum Gasteiger partial charge on any atom is -0.367 e. The van der Waals surface area contributed by atoms with Crippen molar-refractivity contribution in [3.8, 4) is 6.07 Å². The van der Waals surface area contributed by atoms with Crippen LogP contribution in [0.15, 0.2) is 22.7 Å². The molecule has 0 radical (unpaired) electrons. The summed E-state index contributed by atoms with van der Waals surface area (Å²) in [6.45, 7) is 8.89. The van der Waals surface area contributed by atoms with Crippen molar-refractivity contribution in [2.75, 3.05) is 11.9 Å². The van der Waals surface area contributed by atoms with Gasteiger partial charge in [0.15, 0.2) is 0 Å². The van der Waals surface area contributed by atoms with Crippen LogP contribution in [-0.2, 0) is 0 Å². The largest absolute Gasteiger partial charge is 0.367 e. The van der Waals surface area contributed by atoms with Crippen molar-refractivity contribution in [2.45, 2.75) is 39.7 Å². The molecule has 2 atom stereocenters. The summed E-state index contributed by atoms with van der Waals surface area (Å²) in [5, 5.41) is 17.5. The van der Waals surface area contributed by atoms with Crippen molar-refractivity contribution in [1.82, 2.24) is 10.3 Å². The van der Waals surface area contributed by atoms with Crippen LogP contribution >= 0.6 is 15.9 Å². The molecule has 0 spiro atoms. The van der Waals surface area contributed by atoms with Crippen LogP contribution in [0.25, 0.3) is 10.8 Å². The third-order valence-corrected chi connectivity index (χ3v) is 5.32. The van der Waals surface area contributed by atoms with E-state index >= 15 is 0 Å². The Bertz CT molecular complexity index is 895. The Kier molecular flexibility index (Phi) is 4.46. The fraction of sp³-hybridized carbons (Fsp3) is 0.421. The van der Waals surface area contributed by atoms with Gasteiger partial charge >= 0.3 is 0 Å². The summed E-state index contributed by atoms with van der Waals surface area (Å²) in [6, 6.07) is 8.23. The molecule has 5 nitrogen and oxygen atoms in total. The lowest BCUT2D eigenvalue weighted by Crippen LogP contribution is -2.36. The summed E-state index contributed by atoms with van der Waals surface area (Å²) in [5.41, 5.74) is 1.11. The van der Waals surface area contributed by atoms with Crippen LogP contribution in [0.3, 0.4) is 0 Å². The normalized spacial score (nSPS) is 18.2. The monoisotopic (exact) mass is 400 g/mol. The number of hydrogen-bond donors (Lipinski definition) is 2. The Morgan fingerprint density at radius 1 is 1.40 bits per heavy atom. The Labute approximate surface area is 155 Å². The van der Waals surface area contributed by atoms with E-state index in [1.807, 2.05) is 18.2 Å². The van der Waals surface area contributed by atoms with Crippen LogP contribution in [0.5, 0.6) is 0 Å². The van der Waals surface area contributed by atoms with Crippen LogP contribution in [0.2, 0.25) is 0 Å². The molecule has 2 N–H and O–H groups in total. The lowest BCUT2D eigenvalue weighted by atomic mass is 9.87. The molecule has 1 aliphatic heterocycles. The summed E-state index contributed by atoms with van der Waals surface area (Å²) >= 11 is 3.48. The van der Waals surface area contributed by atoms with Crippen LogP contribution in [0, 0.1) is 16.7 Å². The highest BCUT2D eigenvalue weighted by molar-refractivity contribution is 9.10. The minimum absolute atomic E-state index is 0.0469. The third-order valence-electron chi connectivity index (χ3n) is 4.83. The van der Waals surface area contributed by atoms with Gasteiger partial charge in [0.05, 0.1) is 17.3 Å². The minimum atomic E-state index is -0.443. The molecule has 6 heteroatoms. The highest BCUT2D eigenvalue weighted by Crippen LogP contribution is 2.35. The maximum Gasteiger partial charge on any atom is 0.253 e. The molecule has 1 amide bonds. The van der Waals surface area contributed by atoms with Gasteiger partial charge in [-0.05, 0) is 30.5 Å². The van der Waals surface area contributed by atoms with E-state index in [9.17, 15) is 10.1 Å². The van der Waals surface area contributed by atoms with E-state index in [1.165, 1.54) is 0 Å². The van der Waals surface area contributed by atoms with Crippen molar-refractivity contribution in [3.05, 3.63) is 33.9 Å². The number of carbonyl (C=O) groups excluding carboxylic acids is 1. The molecule has 3 rings (SSSR count). The molecule has 0 aliphatic carbocycles. The molecular weight excluding hydrogens is 380 g/mol. The average Bonchev–Trinajstić information content (AvgIpc) is 2.53. The van der Waals surface area contributed by atoms with Gasteiger partial charge in [-0.3, -0.25) is 4.79 Å². The summed E-state index contributed by atoms with van der Waals surface area (Å²) in [4.78, 5) is 17.2. The van der Waals surface area contributed by atoms with Gasteiger partial charge in [0, 0.05) is 27.8 Å². The zero-order valence-electron chi connectivity index (χ0n) is 14.8. The fourth-order valence-corrected chi connectivity index (χ4v) is 3.17. The van der Waals surface area contributed by atoms with Gasteiger partial charge in [0.2, 0.25) is 0 Å². The SMILES string of the molecule is CC(Nc1nc2c(c3cc(Br)ccc13)C(=O)NCC2C#N)C(C)(C)C. The first-order chi connectivity index (χ1) is 11.7. The van der Waals surface area contributed by atoms with Gasteiger partial charge in [0.1, 0.15) is 11.7 Å². The van der Waals surface area contributed by atoms with E-state index in [1.54, 1.807) is 0 Å². The number of rotatable bonds is 2. The number of nitrogens with one attached hydrogen (secondary N) is 2. The first-order valence-electron chi connectivity index (χ1n) is 8.30. The predicted molar refractivity (Wildman–Crippen MR) is 103 cm³/mol. The van der Waals surface area contributed by atoms with Crippen molar-refractivity contribution in [2.24, 2.45) is 5.41 Å². The number of aromatic nitrogens is 1. The van der Waals surface area contributed by atoms with E-state index in [0.29, 0.717) is 17.8 Å². The zero-order chi connectivity index (χ0) is 18.4. The number of nitrogens with zero attached hydrogens (tertiary/aromatic N) is 2. The Hall–Kier alpha value is -2.13. The number of pyridine rings is 1. The Morgan fingerprint density at radius 2 is 2.12 bits per heavy atom. The second kappa shape index (κ2) is 6.30. The first kappa shape index (κ1) is 17.7. The number of anilines is 1. The molecule has 1 aliphatic rings. The molecule has 2 aromatic rings. The number of hydrogen-bond acceptors (Lipinski definition) is 4. The topological polar surface area (TPSA) is 77.8 Å². The number of benzene rings is 1. The fourth-order valence-electron chi connectivity index (χ4n) is 2.81. The number of fused-ring (bicyclic) bond motifs is 3. The molecule has 2 unspecified atom stereocenters. The van der Waals surface area contributed by atoms with E-state index in [0.717, 1.165) is 21.1 Å². The van der Waals surface area contributed by atoms with Crippen LogP contribution in [-0.4, -0.2) is 23.5 Å². The van der Waals surface area contributed by atoms with Crippen molar-refractivity contribution in [1.29, 1.82) is 5.26 Å². The van der Waals surface area contributed by atoms with E-state index in [4.69, 9.17) is 4.98 Å². The van der Waals surface area contributed by atoms with Gasteiger partial charge in [0.25, 0.3) is 5.91 Å². The number of amides is 1. The highest BCUT2D eigenvalue weighted by atomic mass is 79.9. The maximum atomic E-state index is 12.5. The third kappa shape index (κ3) is 3.21. The van der Waals surface area contributed by atoms with Crippen LogP contribution in [0.4, 0.5) is 5.82 Å². The van der Waals surface area contributed by atoms with E-state index < -0.39 is 5.92 Å².